The monoisotopic (exact) mass is 248 g/mol. The van der Waals surface area contributed by atoms with Crippen molar-refractivity contribution in [2.24, 2.45) is 5.92 Å². The lowest BCUT2D eigenvalue weighted by atomic mass is 10.1. The molecule has 1 aliphatic heterocycles. The first kappa shape index (κ1) is 11.0. The summed E-state index contributed by atoms with van der Waals surface area (Å²) in [6.07, 6.45) is 3.36. The Hall–Kier alpha value is -1.07. The fourth-order valence-corrected chi connectivity index (χ4v) is 3.43. The largest absolute Gasteiger partial charge is 0.310 e. The molecule has 3 rings (SSSR count). The SMILES string of the molecule is c1ccn2c(CNCC3CCSC3)nnc2c1. The minimum atomic E-state index is 0.798. The van der Waals surface area contributed by atoms with E-state index in [1.807, 2.05) is 28.8 Å². The summed E-state index contributed by atoms with van der Waals surface area (Å²) >= 11 is 2.06. The van der Waals surface area contributed by atoms with Crippen LogP contribution in [0.5, 0.6) is 0 Å². The quantitative estimate of drug-likeness (QED) is 0.892. The van der Waals surface area contributed by atoms with Crippen LogP contribution in [-0.4, -0.2) is 32.6 Å². The molecular weight excluding hydrogens is 232 g/mol. The van der Waals surface area contributed by atoms with Crippen molar-refractivity contribution < 1.29 is 0 Å². The molecule has 2 aromatic rings. The fraction of sp³-hybridized carbons (Fsp3) is 0.500. The molecule has 0 radical (unpaired) electrons. The number of nitrogens with one attached hydrogen (secondary N) is 1. The Balaban J connectivity index is 1.60. The van der Waals surface area contributed by atoms with Gasteiger partial charge in [0.2, 0.25) is 0 Å². The van der Waals surface area contributed by atoms with E-state index in [0.29, 0.717) is 0 Å². The third-order valence-corrected chi connectivity index (χ3v) is 4.36. The summed E-state index contributed by atoms with van der Waals surface area (Å²) in [6, 6.07) is 5.97. The van der Waals surface area contributed by atoms with Crippen molar-refractivity contribution in [2.75, 3.05) is 18.1 Å². The number of hydrogen-bond acceptors (Lipinski definition) is 4. The highest BCUT2D eigenvalue weighted by atomic mass is 32.2. The van der Waals surface area contributed by atoms with Crippen molar-refractivity contribution >= 4 is 17.4 Å². The van der Waals surface area contributed by atoms with Crippen molar-refractivity contribution in [1.82, 2.24) is 19.9 Å². The smallest absolute Gasteiger partial charge is 0.160 e. The lowest BCUT2D eigenvalue weighted by molar-refractivity contribution is 0.515. The predicted molar refractivity (Wildman–Crippen MR) is 70.1 cm³/mol. The lowest BCUT2D eigenvalue weighted by Crippen LogP contribution is -2.23. The molecule has 1 N–H and O–H groups in total. The van der Waals surface area contributed by atoms with E-state index in [9.17, 15) is 0 Å². The topological polar surface area (TPSA) is 42.2 Å². The molecule has 0 aromatic carbocycles. The molecule has 0 spiro atoms. The van der Waals surface area contributed by atoms with Crippen molar-refractivity contribution in [3.8, 4) is 0 Å². The summed E-state index contributed by atoms with van der Waals surface area (Å²) in [6.45, 7) is 1.89. The molecule has 1 atom stereocenters. The summed E-state index contributed by atoms with van der Waals surface area (Å²) < 4.78 is 2.04. The van der Waals surface area contributed by atoms with E-state index in [-0.39, 0.29) is 0 Å². The number of fused-ring (bicyclic) bond motifs is 1. The fourth-order valence-electron chi connectivity index (χ4n) is 2.14. The standard InChI is InChI=1S/C12H16N4S/c1-2-5-16-11(3-1)14-15-12(16)8-13-7-10-4-6-17-9-10/h1-3,5,10,13H,4,6-9H2. The number of pyridine rings is 1. The molecule has 5 heteroatoms. The number of nitrogens with zero attached hydrogens (tertiary/aromatic N) is 3. The maximum Gasteiger partial charge on any atom is 0.160 e. The molecule has 1 aliphatic rings. The van der Waals surface area contributed by atoms with Crippen LogP contribution in [0.2, 0.25) is 0 Å². The minimum Gasteiger partial charge on any atom is -0.310 e. The average Bonchev–Trinajstić information content (AvgIpc) is 2.99. The van der Waals surface area contributed by atoms with E-state index >= 15 is 0 Å². The van der Waals surface area contributed by atoms with Crippen molar-refractivity contribution in [3.63, 3.8) is 0 Å². The summed E-state index contributed by atoms with van der Waals surface area (Å²) in [5, 5.41) is 11.8. The van der Waals surface area contributed by atoms with Crippen LogP contribution in [0.4, 0.5) is 0 Å². The van der Waals surface area contributed by atoms with E-state index in [1.165, 1.54) is 17.9 Å². The first-order valence-electron chi connectivity index (χ1n) is 6.00. The Morgan fingerprint density at radius 3 is 3.29 bits per heavy atom. The highest BCUT2D eigenvalue weighted by Gasteiger charge is 2.15. The van der Waals surface area contributed by atoms with E-state index in [1.54, 1.807) is 0 Å². The molecule has 1 fully saturated rings. The van der Waals surface area contributed by atoms with Gasteiger partial charge in [-0.2, -0.15) is 11.8 Å². The molecule has 2 aromatic heterocycles. The summed E-state index contributed by atoms with van der Waals surface area (Å²) in [5.41, 5.74) is 0.917. The average molecular weight is 248 g/mol. The first-order valence-corrected chi connectivity index (χ1v) is 7.16. The van der Waals surface area contributed by atoms with Crippen LogP contribution < -0.4 is 5.32 Å². The maximum atomic E-state index is 4.20. The molecule has 0 aliphatic carbocycles. The third-order valence-electron chi connectivity index (χ3n) is 3.12. The number of rotatable bonds is 4. The Bertz CT molecular complexity index is 490. The van der Waals surface area contributed by atoms with Gasteiger partial charge in [0.05, 0.1) is 6.54 Å². The number of hydrogen-bond donors (Lipinski definition) is 1. The van der Waals surface area contributed by atoms with E-state index in [4.69, 9.17) is 0 Å². The molecule has 90 valence electrons. The van der Waals surface area contributed by atoms with Crippen molar-refractivity contribution in [1.29, 1.82) is 0 Å². The normalized spacial score (nSPS) is 20.1. The zero-order valence-corrected chi connectivity index (χ0v) is 10.5. The Kier molecular flexibility index (Phi) is 3.29. The molecule has 0 amide bonds. The van der Waals surface area contributed by atoms with Crippen LogP contribution >= 0.6 is 11.8 Å². The van der Waals surface area contributed by atoms with Crippen LogP contribution in [0.15, 0.2) is 24.4 Å². The van der Waals surface area contributed by atoms with Gasteiger partial charge in [-0.05, 0) is 42.5 Å². The number of aromatic nitrogens is 3. The Morgan fingerprint density at radius 2 is 2.41 bits per heavy atom. The molecule has 1 unspecified atom stereocenters. The second kappa shape index (κ2) is 5.06. The van der Waals surface area contributed by atoms with Gasteiger partial charge in [-0.1, -0.05) is 6.07 Å². The molecule has 0 saturated carbocycles. The van der Waals surface area contributed by atoms with Gasteiger partial charge < -0.3 is 5.32 Å². The third kappa shape index (κ3) is 2.45. The van der Waals surface area contributed by atoms with E-state index in [0.717, 1.165) is 30.5 Å². The van der Waals surface area contributed by atoms with Gasteiger partial charge in [-0.25, -0.2) is 0 Å². The molecule has 17 heavy (non-hydrogen) atoms. The van der Waals surface area contributed by atoms with Crippen molar-refractivity contribution in [2.45, 2.75) is 13.0 Å². The predicted octanol–water partition coefficient (Wildman–Crippen LogP) is 1.57. The van der Waals surface area contributed by atoms with Crippen LogP contribution in [0.3, 0.4) is 0 Å². The Labute approximate surface area is 105 Å². The molecule has 4 nitrogen and oxygen atoms in total. The maximum absolute atomic E-state index is 4.20. The van der Waals surface area contributed by atoms with E-state index < -0.39 is 0 Å². The van der Waals surface area contributed by atoms with Crippen LogP contribution in [0.1, 0.15) is 12.2 Å². The van der Waals surface area contributed by atoms with Crippen LogP contribution in [0.25, 0.3) is 5.65 Å². The van der Waals surface area contributed by atoms with Gasteiger partial charge in [0.25, 0.3) is 0 Å². The second-order valence-corrected chi connectivity index (χ2v) is 5.56. The number of thioether (sulfide) groups is 1. The van der Waals surface area contributed by atoms with Gasteiger partial charge in [-0.3, -0.25) is 4.40 Å². The summed E-state index contributed by atoms with van der Waals surface area (Å²) in [4.78, 5) is 0. The Morgan fingerprint density at radius 1 is 1.41 bits per heavy atom. The molecular formula is C12H16N4S. The van der Waals surface area contributed by atoms with Crippen LogP contribution in [0, 0.1) is 5.92 Å². The van der Waals surface area contributed by atoms with Gasteiger partial charge in [0.15, 0.2) is 11.5 Å². The van der Waals surface area contributed by atoms with Gasteiger partial charge in [0.1, 0.15) is 0 Å². The zero-order chi connectivity index (χ0) is 11.5. The molecule has 0 bridgehead atoms. The van der Waals surface area contributed by atoms with Gasteiger partial charge in [-0.15, -0.1) is 10.2 Å². The van der Waals surface area contributed by atoms with E-state index in [2.05, 4.69) is 27.3 Å². The van der Waals surface area contributed by atoms with Crippen molar-refractivity contribution in [3.05, 3.63) is 30.2 Å². The highest BCUT2D eigenvalue weighted by molar-refractivity contribution is 7.99. The highest BCUT2D eigenvalue weighted by Crippen LogP contribution is 2.22. The molecule has 1 saturated heterocycles. The second-order valence-electron chi connectivity index (χ2n) is 4.41. The summed E-state index contributed by atoms with van der Waals surface area (Å²) in [5.74, 6) is 4.44. The minimum absolute atomic E-state index is 0.798. The summed E-state index contributed by atoms with van der Waals surface area (Å²) in [7, 11) is 0. The lowest BCUT2D eigenvalue weighted by Gasteiger charge is -2.08. The van der Waals surface area contributed by atoms with Gasteiger partial charge >= 0.3 is 0 Å². The zero-order valence-electron chi connectivity index (χ0n) is 9.67. The first-order chi connectivity index (χ1) is 8.43. The van der Waals surface area contributed by atoms with Crippen LogP contribution in [-0.2, 0) is 6.54 Å². The molecule has 3 heterocycles. The van der Waals surface area contributed by atoms with Gasteiger partial charge in [0, 0.05) is 6.20 Å².